The van der Waals surface area contributed by atoms with Crippen LogP contribution in [0, 0.1) is 11.3 Å². The van der Waals surface area contributed by atoms with Crippen molar-refractivity contribution >= 4 is 61.7 Å². The first-order chi connectivity index (χ1) is 21.4. The Balaban J connectivity index is 1.10. The maximum atomic E-state index is 16.0. The molecule has 4 N–H and O–H groups in total. The van der Waals surface area contributed by atoms with E-state index in [1.807, 2.05) is 0 Å². The molecule has 4 fully saturated rings. The molecule has 3 aromatic rings. The van der Waals surface area contributed by atoms with Crippen LogP contribution >= 0.6 is 26.9 Å². The summed E-state index contributed by atoms with van der Waals surface area (Å²) in [5.74, 6) is -0.589. The lowest BCUT2D eigenvalue weighted by Crippen LogP contribution is -2.39. The van der Waals surface area contributed by atoms with E-state index >= 15 is 4.39 Å². The summed E-state index contributed by atoms with van der Waals surface area (Å²) >= 11 is 4.12. The van der Waals surface area contributed by atoms with Crippen molar-refractivity contribution in [3.8, 4) is 0 Å². The van der Waals surface area contributed by atoms with Gasteiger partial charge in [-0.2, -0.15) is 0 Å². The highest BCUT2D eigenvalue weighted by molar-refractivity contribution is 8.44. The Morgan fingerprint density at radius 3 is 2.76 bits per heavy atom. The van der Waals surface area contributed by atoms with E-state index in [0.717, 1.165) is 10.9 Å². The number of nitrogens with zero attached hydrogens (tertiary/aromatic N) is 7. The lowest BCUT2D eigenvalue weighted by atomic mass is 10.0. The van der Waals surface area contributed by atoms with Crippen LogP contribution in [0.1, 0.15) is 35.6 Å². The number of carbonyl (C=O) groups is 1. The van der Waals surface area contributed by atoms with E-state index in [-0.39, 0.29) is 29.5 Å². The molecule has 6 heterocycles. The van der Waals surface area contributed by atoms with Crippen molar-refractivity contribution in [2.45, 2.75) is 55.7 Å². The normalized spacial score (nSPS) is 42.8. The molecular weight excluding hydrogens is 661 g/mol. The van der Waals surface area contributed by atoms with Crippen LogP contribution < -0.4 is 5.73 Å². The van der Waals surface area contributed by atoms with E-state index in [4.69, 9.17) is 28.6 Å². The highest BCUT2D eigenvalue weighted by Gasteiger charge is 2.74. The van der Waals surface area contributed by atoms with E-state index in [9.17, 15) is 23.9 Å². The van der Waals surface area contributed by atoms with E-state index in [1.165, 1.54) is 18.9 Å². The van der Waals surface area contributed by atoms with Crippen LogP contribution in [-0.2, 0) is 32.0 Å². The summed E-state index contributed by atoms with van der Waals surface area (Å²) in [6.45, 7) is -5.45. The summed E-state index contributed by atoms with van der Waals surface area (Å²) < 4.78 is 73.4. The SMILES string of the molecule is Nc1ncnc2c1ncn2[C@H]1[C@H](O)[C@@H]2O[P@](=O)(S)OC[C@H]3O[C@@H](n4cnc5c4N=CCC5=O)[C@H](F)[C@@H]3OP(=O)(O)OC[C@]23C[C@H]13. The Labute approximate surface area is 257 Å². The van der Waals surface area contributed by atoms with E-state index in [1.54, 1.807) is 4.57 Å². The topological polar surface area (TPSA) is 238 Å². The molecule has 5 aliphatic rings. The third-order valence-corrected chi connectivity index (χ3v) is 11.6. The number of ketones is 1. The maximum Gasteiger partial charge on any atom is 0.472 e. The number of aliphatic hydroxyl groups is 1. The number of fused-ring (bicyclic) bond motifs is 3. The molecule has 3 aromatic heterocycles. The average Bonchev–Trinajstić information content (AvgIpc) is 3.27. The van der Waals surface area contributed by atoms with Gasteiger partial charge in [0.25, 0.3) is 0 Å². The van der Waals surface area contributed by atoms with Crippen LogP contribution in [0.5, 0.6) is 0 Å². The number of aromatic nitrogens is 6. The molecule has 0 amide bonds. The molecule has 18 nitrogen and oxygen atoms in total. The second-order valence-electron chi connectivity index (χ2n) is 11.5. The Hall–Kier alpha value is -2.64. The first kappa shape index (κ1) is 29.7. The first-order valence-electron chi connectivity index (χ1n) is 13.7. The second kappa shape index (κ2) is 10.2. The van der Waals surface area contributed by atoms with Gasteiger partial charge in [-0.1, -0.05) is 12.2 Å². The van der Waals surface area contributed by atoms with Crippen molar-refractivity contribution in [2.75, 3.05) is 18.9 Å². The quantitative estimate of drug-likeness (QED) is 0.222. The molecule has 3 aliphatic heterocycles. The molecule has 22 heteroatoms. The van der Waals surface area contributed by atoms with Gasteiger partial charge in [-0.3, -0.25) is 27.5 Å². The number of phosphoric ester groups is 1. The minimum absolute atomic E-state index is 0.0158. The largest absolute Gasteiger partial charge is 0.472 e. The van der Waals surface area contributed by atoms with Gasteiger partial charge in [0, 0.05) is 18.1 Å². The number of halogens is 1. The summed E-state index contributed by atoms with van der Waals surface area (Å²) in [4.78, 5) is 43.5. The van der Waals surface area contributed by atoms with E-state index in [2.05, 4.69) is 37.2 Å². The number of aliphatic hydroxyl groups excluding tert-OH is 1. The van der Waals surface area contributed by atoms with Crippen LogP contribution in [0.15, 0.2) is 24.0 Å². The van der Waals surface area contributed by atoms with E-state index < -0.39 is 82.0 Å². The molecule has 2 saturated carbocycles. The minimum atomic E-state index is -4.99. The van der Waals surface area contributed by atoms with Crippen LogP contribution in [0.4, 0.5) is 16.0 Å². The predicted molar refractivity (Wildman–Crippen MR) is 152 cm³/mol. The number of hydrogen-bond acceptors (Lipinski definition) is 15. The average molecular weight is 687 g/mol. The fraction of sp³-hybridized carbons (Fsp3) is 0.565. The van der Waals surface area contributed by atoms with Crippen LogP contribution in [0.3, 0.4) is 0 Å². The molecule has 0 radical (unpaired) electrons. The van der Waals surface area contributed by atoms with Crippen LogP contribution in [-0.4, -0.2) is 94.9 Å². The number of carbonyl (C=O) groups excluding carboxylic acids is 1. The number of phosphoric acid groups is 1. The summed E-state index contributed by atoms with van der Waals surface area (Å²) in [5.41, 5.74) is 5.44. The molecule has 45 heavy (non-hydrogen) atoms. The van der Waals surface area contributed by atoms with Crippen molar-refractivity contribution in [1.82, 2.24) is 29.1 Å². The van der Waals surface area contributed by atoms with Gasteiger partial charge in [0.15, 0.2) is 41.2 Å². The van der Waals surface area contributed by atoms with Crippen LogP contribution in [0.2, 0.25) is 0 Å². The van der Waals surface area contributed by atoms with Crippen LogP contribution in [0.25, 0.3) is 11.2 Å². The number of nitrogen functional groups attached to an aromatic ring is 1. The summed E-state index contributed by atoms with van der Waals surface area (Å²) in [7, 11) is -4.99. The number of thiol groups is 1. The van der Waals surface area contributed by atoms with Crippen molar-refractivity contribution in [1.29, 1.82) is 0 Å². The van der Waals surface area contributed by atoms with Gasteiger partial charge in [-0.05, 0) is 12.3 Å². The molecule has 0 bridgehead atoms. The lowest BCUT2D eigenvalue weighted by molar-refractivity contribution is -0.0569. The zero-order valence-electron chi connectivity index (χ0n) is 22.8. The Bertz CT molecular complexity index is 1860. The van der Waals surface area contributed by atoms with Gasteiger partial charge in [-0.25, -0.2) is 38.4 Å². The number of nitrogens with two attached hydrogens (primary N) is 1. The van der Waals surface area contributed by atoms with Gasteiger partial charge in [0.05, 0.1) is 31.9 Å². The Kier molecular flexibility index (Phi) is 6.73. The summed E-state index contributed by atoms with van der Waals surface area (Å²) in [6, 6.07) is -0.746. The fourth-order valence-corrected chi connectivity index (χ4v) is 9.39. The smallest absolute Gasteiger partial charge is 0.388 e. The van der Waals surface area contributed by atoms with E-state index in [0.29, 0.717) is 17.6 Å². The third-order valence-electron chi connectivity index (χ3n) is 8.99. The number of aliphatic imine (C=N–C) groups is 1. The Morgan fingerprint density at radius 2 is 1.93 bits per heavy atom. The molecule has 8 rings (SSSR count). The Morgan fingerprint density at radius 1 is 1.13 bits per heavy atom. The molecule has 2 aliphatic carbocycles. The molecule has 11 atom stereocenters. The van der Waals surface area contributed by atoms with Gasteiger partial charge in [0.2, 0.25) is 0 Å². The van der Waals surface area contributed by atoms with Crippen molar-refractivity contribution < 1.29 is 51.1 Å². The predicted octanol–water partition coefficient (Wildman–Crippen LogP) is 1.71. The molecule has 2 saturated heterocycles. The number of imidazole rings is 2. The van der Waals surface area contributed by atoms with Gasteiger partial charge < -0.3 is 25.0 Å². The van der Waals surface area contributed by atoms with Crippen molar-refractivity contribution in [3.63, 3.8) is 0 Å². The molecule has 0 aromatic carbocycles. The molecular formula is C23H25FN8O10P2S. The first-order valence-corrected chi connectivity index (χ1v) is 17.9. The number of ether oxygens (including phenoxy) is 1. The fourth-order valence-electron chi connectivity index (χ4n) is 6.84. The minimum Gasteiger partial charge on any atom is -0.388 e. The van der Waals surface area contributed by atoms with Crippen molar-refractivity contribution in [3.05, 3.63) is 24.7 Å². The lowest BCUT2D eigenvalue weighted by Gasteiger charge is -2.32. The zero-order chi connectivity index (χ0) is 31.5. The van der Waals surface area contributed by atoms with Gasteiger partial charge in [0.1, 0.15) is 36.3 Å². The number of Topliss-reactive ketones (excluding diaryl/α,β-unsaturated/α-hetero) is 1. The van der Waals surface area contributed by atoms with Gasteiger partial charge >= 0.3 is 14.6 Å². The number of anilines is 1. The number of alkyl halides is 1. The number of rotatable bonds is 2. The highest BCUT2D eigenvalue weighted by Crippen LogP contribution is 2.73. The number of hydrogen-bond donors (Lipinski definition) is 4. The van der Waals surface area contributed by atoms with Crippen molar-refractivity contribution in [2.24, 2.45) is 16.3 Å². The highest BCUT2D eigenvalue weighted by atomic mass is 32.7. The summed E-state index contributed by atoms with van der Waals surface area (Å²) in [6.07, 6.45) is -3.89. The molecule has 1 unspecified atom stereocenters. The molecule has 1 spiro atoms. The summed E-state index contributed by atoms with van der Waals surface area (Å²) in [5, 5.41) is 11.5. The molecule has 240 valence electrons. The third kappa shape index (κ3) is 4.65. The monoisotopic (exact) mass is 686 g/mol. The standard InChI is InChI=1S/C23H25FN8O10P2S/c24-12-17-11(40-22(12)32-8-29-13-10(33)1-2-26-20(13)32)4-38-44(37,45)42-18-16(34)15(9-3-23(9,18)5-39-43(35,36)41-17)31-7-30-14-19(25)27-6-28-21(14)31/h2,6-9,11-12,15-18,22,34H,1,3-5H2,(H,35,36)(H,37,45)(H2,25,27,28)/t9-,11-,12-,15-,16+,17-,18+,22-,23+,44-/m1/s1. The van der Waals surface area contributed by atoms with Gasteiger partial charge in [-0.15, -0.1) is 0 Å². The second-order valence-corrected chi connectivity index (χ2v) is 15.8. The zero-order valence-corrected chi connectivity index (χ0v) is 25.5. The maximum absolute atomic E-state index is 16.0.